The van der Waals surface area contributed by atoms with Crippen molar-refractivity contribution in [3.05, 3.63) is 83.2 Å². The maximum atomic E-state index is 12.9. The number of rotatable bonds is 8. The van der Waals surface area contributed by atoms with E-state index < -0.39 is 33.9 Å². The summed E-state index contributed by atoms with van der Waals surface area (Å²) in [6.07, 6.45) is -0.469. The summed E-state index contributed by atoms with van der Waals surface area (Å²) in [5, 5.41) is 4.40. The van der Waals surface area contributed by atoms with Crippen LogP contribution in [0, 0.1) is 5.92 Å². The van der Waals surface area contributed by atoms with Crippen LogP contribution < -0.4 is 5.32 Å². The van der Waals surface area contributed by atoms with E-state index in [2.05, 4.69) is 5.32 Å². The molecule has 0 unspecified atom stereocenters. The minimum atomic E-state index is -3.56. The third-order valence-electron chi connectivity index (χ3n) is 6.00. The Morgan fingerprint density at radius 2 is 1.64 bits per heavy atom. The zero-order valence-electron chi connectivity index (χ0n) is 19.6. The van der Waals surface area contributed by atoms with E-state index in [4.69, 9.17) is 4.74 Å². The van der Waals surface area contributed by atoms with Crippen LogP contribution in [0.1, 0.15) is 35.7 Å². The van der Waals surface area contributed by atoms with Gasteiger partial charge in [0, 0.05) is 24.2 Å². The Balaban J connectivity index is 1.34. The topological polar surface area (TPSA) is 110 Å². The number of thiophene rings is 1. The third-order valence-corrected chi connectivity index (χ3v) is 9.28. The van der Waals surface area contributed by atoms with E-state index in [1.807, 2.05) is 6.07 Å². The van der Waals surface area contributed by atoms with Crippen LogP contribution in [-0.2, 0) is 24.3 Å². The highest BCUT2D eigenvalue weighted by molar-refractivity contribution is 7.91. The first kappa shape index (κ1) is 25.7. The molecule has 36 heavy (non-hydrogen) atoms. The zero-order chi connectivity index (χ0) is 25.7. The molecule has 2 aromatic carbocycles. The molecule has 0 saturated carbocycles. The molecule has 1 aliphatic rings. The number of sulfonamides is 1. The minimum absolute atomic E-state index is 0.204. The first-order valence-electron chi connectivity index (χ1n) is 11.5. The van der Waals surface area contributed by atoms with Gasteiger partial charge >= 0.3 is 5.97 Å². The fraction of sp³-hybridized carbons (Fsp3) is 0.269. The van der Waals surface area contributed by atoms with Gasteiger partial charge in [-0.25, -0.2) is 8.42 Å². The van der Waals surface area contributed by atoms with Crippen molar-refractivity contribution in [1.82, 2.24) is 4.31 Å². The van der Waals surface area contributed by atoms with Crippen LogP contribution in [0.4, 0.5) is 5.69 Å². The Morgan fingerprint density at radius 1 is 0.972 bits per heavy atom. The number of carbonyl (C=O) groups excluding carboxylic acids is 3. The number of anilines is 1. The molecular weight excluding hydrogens is 500 g/mol. The number of nitrogens with one attached hydrogen (secondary N) is 1. The molecule has 1 atom stereocenters. The number of piperidine rings is 1. The monoisotopic (exact) mass is 526 g/mol. The summed E-state index contributed by atoms with van der Waals surface area (Å²) in [5.74, 6) is -1.84. The number of ketones is 1. The van der Waals surface area contributed by atoms with Crippen LogP contribution in [-0.4, -0.2) is 49.6 Å². The van der Waals surface area contributed by atoms with Crippen molar-refractivity contribution in [3.8, 4) is 0 Å². The molecule has 1 N–H and O–H groups in total. The lowest BCUT2D eigenvalue weighted by molar-refractivity contribution is -0.158. The van der Waals surface area contributed by atoms with E-state index in [9.17, 15) is 22.8 Å². The summed E-state index contributed by atoms with van der Waals surface area (Å²) in [4.78, 5) is 38.4. The first-order chi connectivity index (χ1) is 17.3. The molecular formula is C26H26N2O6S2. The Bertz CT molecular complexity index is 1330. The third kappa shape index (κ3) is 5.72. The molecule has 0 bridgehead atoms. The second kappa shape index (κ2) is 11.2. The molecule has 1 amide bonds. The molecule has 188 valence electrons. The van der Waals surface area contributed by atoms with Crippen LogP contribution in [0.5, 0.6) is 0 Å². The maximum absolute atomic E-state index is 12.9. The van der Waals surface area contributed by atoms with Crippen molar-refractivity contribution >= 4 is 44.7 Å². The van der Waals surface area contributed by atoms with Gasteiger partial charge in [-0.15, -0.1) is 11.3 Å². The van der Waals surface area contributed by atoms with Gasteiger partial charge in [-0.1, -0.05) is 48.5 Å². The molecule has 4 rings (SSSR count). The maximum Gasteiger partial charge on any atom is 0.309 e. The lowest BCUT2D eigenvalue weighted by Crippen LogP contribution is -2.41. The molecule has 10 heteroatoms. The quantitative estimate of drug-likeness (QED) is 0.352. The van der Waals surface area contributed by atoms with Crippen molar-refractivity contribution in [1.29, 1.82) is 0 Å². The summed E-state index contributed by atoms with van der Waals surface area (Å²) in [5.41, 5.74) is 1.15. The number of hydrogen-bond donors (Lipinski definition) is 1. The van der Waals surface area contributed by atoms with Crippen molar-refractivity contribution in [3.63, 3.8) is 0 Å². The van der Waals surface area contributed by atoms with Gasteiger partial charge in [0.05, 0.1) is 11.6 Å². The van der Waals surface area contributed by atoms with Crippen molar-refractivity contribution < 1.29 is 27.5 Å². The van der Waals surface area contributed by atoms with E-state index >= 15 is 0 Å². The highest BCUT2D eigenvalue weighted by Gasteiger charge is 2.34. The number of benzene rings is 2. The van der Waals surface area contributed by atoms with E-state index in [-0.39, 0.29) is 23.1 Å². The van der Waals surface area contributed by atoms with E-state index in [0.717, 1.165) is 11.3 Å². The number of esters is 1. The Hall–Kier alpha value is -3.34. The summed E-state index contributed by atoms with van der Waals surface area (Å²) in [6, 6.07) is 18.6. The lowest BCUT2D eigenvalue weighted by Gasteiger charge is -2.30. The van der Waals surface area contributed by atoms with Gasteiger partial charge in [-0.05, 0) is 43.3 Å². The van der Waals surface area contributed by atoms with E-state index in [0.29, 0.717) is 29.7 Å². The Kier molecular flexibility index (Phi) is 7.97. The average molecular weight is 527 g/mol. The smallest absolute Gasteiger partial charge is 0.309 e. The first-order valence-corrected chi connectivity index (χ1v) is 13.8. The van der Waals surface area contributed by atoms with Crippen molar-refractivity contribution in [2.24, 2.45) is 5.92 Å². The number of amides is 1. The molecule has 0 spiro atoms. The van der Waals surface area contributed by atoms with Crippen LogP contribution in [0.3, 0.4) is 0 Å². The summed E-state index contributed by atoms with van der Waals surface area (Å²) in [7, 11) is -3.56. The molecule has 1 saturated heterocycles. The van der Waals surface area contributed by atoms with Crippen molar-refractivity contribution in [2.75, 3.05) is 18.4 Å². The molecule has 0 aliphatic carbocycles. The number of ether oxygens (including phenoxy) is 1. The van der Waals surface area contributed by atoms with E-state index in [1.165, 1.54) is 11.2 Å². The average Bonchev–Trinajstić information content (AvgIpc) is 3.45. The fourth-order valence-electron chi connectivity index (χ4n) is 3.96. The predicted octanol–water partition coefficient (Wildman–Crippen LogP) is 3.95. The number of hydrogen-bond acceptors (Lipinski definition) is 7. The summed E-state index contributed by atoms with van der Waals surface area (Å²) >= 11 is 1.16. The van der Waals surface area contributed by atoms with Crippen LogP contribution in [0.15, 0.2) is 76.3 Å². The molecule has 0 radical (unpaired) electrons. The standard InChI is InChI=1S/C26H26N2O6S2/c1-18(25(30)27-22-11-6-5-10-21(22)24(29)19-8-3-2-4-9-19)34-26(31)20-13-15-28(16-14-20)36(32,33)23-12-7-17-35-23/h2-12,17-18,20H,13-16H2,1H3,(H,27,30)/t18-/m1/s1. The Labute approximate surface area is 213 Å². The summed E-state index contributed by atoms with van der Waals surface area (Å²) in [6.45, 7) is 1.87. The highest BCUT2D eigenvalue weighted by atomic mass is 32.2. The van der Waals surface area contributed by atoms with Gasteiger partial charge in [0.15, 0.2) is 11.9 Å². The van der Waals surface area contributed by atoms with E-state index in [1.54, 1.807) is 66.0 Å². The highest BCUT2D eigenvalue weighted by Crippen LogP contribution is 2.27. The zero-order valence-corrected chi connectivity index (χ0v) is 21.3. The fourth-order valence-corrected chi connectivity index (χ4v) is 6.58. The largest absolute Gasteiger partial charge is 0.452 e. The van der Waals surface area contributed by atoms with Gasteiger partial charge in [0.25, 0.3) is 15.9 Å². The number of nitrogens with zero attached hydrogens (tertiary/aromatic N) is 1. The molecule has 1 aromatic heterocycles. The van der Waals surface area contributed by atoms with Crippen molar-refractivity contribution in [2.45, 2.75) is 30.1 Å². The van der Waals surface area contributed by atoms with Gasteiger partial charge in [-0.3, -0.25) is 14.4 Å². The molecule has 1 aliphatic heterocycles. The van der Waals surface area contributed by atoms with Crippen LogP contribution >= 0.6 is 11.3 Å². The number of para-hydroxylation sites is 1. The second-order valence-electron chi connectivity index (χ2n) is 8.42. The second-order valence-corrected chi connectivity index (χ2v) is 11.5. The lowest BCUT2D eigenvalue weighted by atomic mass is 9.98. The minimum Gasteiger partial charge on any atom is -0.452 e. The molecule has 2 heterocycles. The Morgan fingerprint density at radius 3 is 2.31 bits per heavy atom. The molecule has 8 nitrogen and oxygen atoms in total. The number of carbonyl (C=O) groups is 3. The predicted molar refractivity (Wildman–Crippen MR) is 136 cm³/mol. The normalized spacial score (nSPS) is 15.7. The van der Waals surface area contributed by atoms with Gasteiger partial charge in [-0.2, -0.15) is 4.31 Å². The summed E-state index contributed by atoms with van der Waals surface area (Å²) < 4.78 is 32.4. The molecule has 3 aromatic rings. The van der Waals surface area contributed by atoms with Gasteiger partial charge in [0.1, 0.15) is 4.21 Å². The van der Waals surface area contributed by atoms with Crippen LogP contribution in [0.25, 0.3) is 0 Å². The van der Waals surface area contributed by atoms with Gasteiger partial charge < -0.3 is 10.1 Å². The van der Waals surface area contributed by atoms with Gasteiger partial charge in [0.2, 0.25) is 0 Å². The van der Waals surface area contributed by atoms with Crippen LogP contribution in [0.2, 0.25) is 0 Å². The SMILES string of the molecule is C[C@@H](OC(=O)C1CCN(S(=O)(=O)c2cccs2)CC1)C(=O)Nc1ccccc1C(=O)c1ccccc1. The molecule has 1 fully saturated rings.